The fourth-order valence-corrected chi connectivity index (χ4v) is 1.08. The van der Waals surface area contributed by atoms with Gasteiger partial charge in [-0.2, -0.15) is 0 Å². The maximum atomic E-state index is 11.2. The van der Waals surface area contributed by atoms with Crippen molar-refractivity contribution >= 4 is 9.52 Å². The van der Waals surface area contributed by atoms with Gasteiger partial charge in [-0.3, -0.25) is 4.39 Å². The minimum Gasteiger partial charge on any atom is -0.255 e. The molecule has 0 nitrogen and oxygen atoms in total. The lowest BCUT2D eigenvalue weighted by Crippen LogP contribution is -1.90. The third-order valence-corrected chi connectivity index (χ3v) is 1.89. The number of hydrogen-bond acceptors (Lipinski definition) is 0. The molecule has 0 aliphatic rings. The van der Waals surface area contributed by atoms with Crippen molar-refractivity contribution in [3.63, 3.8) is 0 Å². The molecule has 4 heteroatoms. The van der Waals surface area contributed by atoms with Crippen LogP contribution >= 0.6 is 0 Å². The monoisotopic (exact) mass is 158 g/mol. The van der Waals surface area contributed by atoms with Crippen molar-refractivity contribution in [1.82, 2.24) is 0 Å². The van der Waals surface area contributed by atoms with Crippen LogP contribution < -0.4 is 0 Å². The van der Waals surface area contributed by atoms with Crippen LogP contribution in [-0.4, -0.2) is 23.1 Å². The van der Waals surface area contributed by atoms with Gasteiger partial charge in [-0.25, -0.2) is 8.78 Å². The molecule has 0 atom stereocenters. The van der Waals surface area contributed by atoms with Crippen molar-refractivity contribution in [2.24, 2.45) is 0 Å². The molecule has 0 spiro atoms. The quantitative estimate of drug-likeness (QED) is 0.550. The van der Waals surface area contributed by atoms with Crippen LogP contribution in [0.3, 0.4) is 0 Å². The highest BCUT2D eigenvalue weighted by molar-refractivity contribution is 6.33. The minimum absolute atomic E-state index is 0.109. The Hall–Kier alpha value is 0.00688. The largest absolute Gasteiger partial charge is 0.255 e. The van der Waals surface area contributed by atoms with E-state index in [0.29, 0.717) is 7.18 Å². The summed E-state index contributed by atoms with van der Waals surface area (Å²) in [6, 6.07) is 0.789. The van der Waals surface area contributed by atoms with Crippen LogP contribution in [0.4, 0.5) is 13.2 Å². The lowest BCUT2D eigenvalue weighted by Gasteiger charge is -1.91. The molecule has 0 aliphatic carbocycles. The molecule has 58 valence electrons. The maximum Gasteiger partial charge on any atom is 0.238 e. The number of halogens is 3. The topological polar surface area (TPSA) is 0 Å². The van der Waals surface area contributed by atoms with E-state index in [2.05, 4.69) is 0 Å². The molecule has 0 unspecified atom stereocenters. The first kappa shape index (κ1) is 11.8. The van der Waals surface area contributed by atoms with Crippen LogP contribution in [0.25, 0.3) is 0 Å². The summed E-state index contributed by atoms with van der Waals surface area (Å²) in [5, 5.41) is 0. The molecular formula is C5H13F3Si. The van der Waals surface area contributed by atoms with E-state index in [-0.39, 0.29) is 15.9 Å². The second kappa shape index (κ2) is 10.9. The van der Waals surface area contributed by atoms with E-state index in [4.69, 9.17) is 0 Å². The van der Waals surface area contributed by atoms with Crippen LogP contribution in [0.15, 0.2) is 0 Å². The van der Waals surface area contributed by atoms with Gasteiger partial charge in [0.05, 0.1) is 7.18 Å². The van der Waals surface area contributed by atoms with E-state index in [1.54, 1.807) is 0 Å². The smallest absolute Gasteiger partial charge is 0.238 e. The Balaban J connectivity index is 0. The average molecular weight is 158 g/mol. The van der Waals surface area contributed by atoms with Crippen LogP contribution in [0.5, 0.6) is 0 Å². The minimum atomic E-state index is -2.06. The lowest BCUT2D eigenvalue weighted by molar-refractivity contribution is 0.144. The Kier molecular flexibility index (Phi) is 14.2. The van der Waals surface area contributed by atoms with Gasteiger partial charge in [0.2, 0.25) is 6.43 Å². The molecule has 0 saturated heterocycles. The summed E-state index contributed by atoms with van der Waals surface area (Å²) in [7, 11) is 0.391. The van der Waals surface area contributed by atoms with Gasteiger partial charge in [0.15, 0.2) is 0 Å². The Labute approximate surface area is 56.3 Å². The molecule has 0 amide bonds. The van der Waals surface area contributed by atoms with Crippen molar-refractivity contribution in [2.45, 2.75) is 25.4 Å². The second-order valence-electron chi connectivity index (χ2n) is 1.53. The molecule has 0 fully saturated rings. The van der Waals surface area contributed by atoms with Crippen molar-refractivity contribution < 1.29 is 13.2 Å². The summed E-state index contributed by atoms with van der Waals surface area (Å²) < 4.78 is 32.0. The molecule has 0 heterocycles. The van der Waals surface area contributed by atoms with Crippen LogP contribution in [0.2, 0.25) is 12.6 Å². The molecule has 0 bridgehead atoms. The highest BCUT2D eigenvalue weighted by atomic mass is 28.2. The first-order valence-electron chi connectivity index (χ1n) is 2.93. The summed E-state index contributed by atoms with van der Waals surface area (Å²) in [6.45, 7) is 2.04. The molecule has 9 heavy (non-hydrogen) atoms. The summed E-state index contributed by atoms with van der Waals surface area (Å²) in [5.41, 5.74) is 0. The SMILES string of the molecule is CF.C[SiH2]CCC(F)F. The first-order chi connectivity index (χ1) is 4.27. The molecule has 0 aromatic rings. The van der Waals surface area contributed by atoms with Gasteiger partial charge in [-0.15, -0.1) is 0 Å². The summed E-state index contributed by atoms with van der Waals surface area (Å²) in [4.78, 5) is 0. The zero-order valence-electron chi connectivity index (χ0n) is 5.83. The summed E-state index contributed by atoms with van der Waals surface area (Å²) in [6.07, 6.45) is -1.93. The summed E-state index contributed by atoms with van der Waals surface area (Å²) in [5.74, 6) is 0. The van der Waals surface area contributed by atoms with Gasteiger partial charge < -0.3 is 0 Å². The number of rotatable bonds is 3. The lowest BCUT2D eigenvalue weighted by atomic mass is 10.5. The van der Waals surface area contributed by atoms with Crippen LogP contribution in [-0.2, 0) is 0 Å². The Morgan fingerprint density at radius 3 is 1.89 bits per heavy atom. The fraction of sp³-hybridized carbons (Fsp3) is 1.00. The molecular weight excluding hydrogens is 145 g/mol. The van der Waals surface area contributed by atoms with E-state index >= 15 is 0 Å². The normalized spacial score (nSPS) is 10.0. The van der Waals surface area contributed by atoms with Gasteiger partial charge in [-0.05, 0) is 0 Å². The van der Waals surface area contributed by atoms with E-state index in [1.165, 1.54) is 0 Å². The molecule has 0 saturated carbocycles. The van der Waals surface area contributed by atoms with Gasteiger partial charge in [-0.1, -0.05) is 12.6 Å². The zero-order valence-corrected chi connectivity index (χ0v) is 7.25. The molecule has 0 aliphatic heterocycles. The second-order valence-corrected chi connectivity index (χ2v) is 3.24. The van der Waals surface area contributed by atoms with Gasteiger partial charge >= 0.3 is 0 Å². The van der Waals surface area contributed by atoms with Crippen molar-refractivity contribution in [1.29, 1.82) is 0 Å². The van der Waals surface area contributed by atoms with E-state index in [0.717, 1.165) is 6.04 Å². The van der Waals surface area contributed by atoms with Gasteiger partial charge in [0.1, 0.15) is 0 Å². The average Bonchev–Trinajstić information content (AvgIpc) is 1.88. The predicted octanol–water partition coefficient (Wildman–Crippen LogP) is 1.86. The third-order valence-electron chi connectivity index (χ3n) is 0.776. The summed E-state index contributed by atoms with van der Waals surface area (Å²) >= 11 is 0. The Bertz CT molecular complexity index is 41.2. The highest BCUT2D eigenvalue weighted by Gasteiger charge is 1.97. The highest BCUT2D eigenvalue weighted by Crippen LogP contribution is 2.01. The molecule has 0 radical (unpaired) electrons. The maximum absolute atomic E-state index is 11.2. The van der Waals surface area contributed by atoms with Crippen LogP contribution in [0, 0.1) is 0 Å². The molecule has 0 aromatic heterocycles. The number of alkyl halides is 3. The van der Waals surface area contributed by atoms with Crippen LogP contribution in [0.1, 0.15) is 6.42 Å². The Morgan fingerprint density at radius 2 is 1.78 bits per heavy atom. The van der Waals surface area contributed by atoms with Crippen molar-refractivity contribution in [2.75, 3.05) is 7.18 Å². The van der Waals surface area contributed by atoms with Gasteiger partial charge in [0, 0.05) is 15.9 Å². The standard InChI is InChI=1S/C4H10F2Si.CH3F/c1-7-3-2-4(5)6;1-2/h4H,2-3,7H2,1H3;1H3. The third kappa shape index (κ3) is 18.0. The Morgan fingerprint density at radius 1 is 1.33 bits per heavy atom. The zero-order chi connectivity index (χ0) is 7.70. The number of hydrogen-bond donors (Lipinski definition) is 0. The fourth-order valence-electron chi connectivity index (χ4n) is 0.358. The van der Waals surface area contributed by atoms with E-state index in [1.807, 2.05) is 6.55 Å². The molecule has 0 N–H and O–H groups in total. The predicted molar refractivity (Wildman–Crippen MR) is 36.9 cm³/mol. The van der Waals surface area contributed by atoms with Gasteiger partial charge in [0.25, 0.3) is 0 Å². The first-order valence-corrected chi connectivity index (χ1v) is 5.34. The van der Waals surface area contributed by atoms with E-state index in [9.17, 15) is 13.2 Å². The molecule has 0 rings (SSSR count). The van der Waals surface area contributed by atoms with Crippen molar-refractivity contribution in [3.05, 3.63) is 0 Å². The molecule has 0 aromatic carbocycles. The van der Waals surface area contributed by atoms with E-state index < -0.39 is 6.43 Å². The van der Waals surface area contributed by atoms with Crippen molar-refractivity contribution in [3.8, 4) is 0 Å².